The van der Waals surface area contributed by atoms with E-state index in [-0.39, 0.29) is 16.1 Å². The summed E-state index contributed by atoms with van der Waals surface area (Å²) in [6.07, 6.45) is 0. The van der Waals surface area contributed by atoms with Gasteiger partial charge < -0.3 is 0 Å². The molecule has 2 rings (SSSR count). The Bertz CT molecular complexity index is 631. The molecule has 98 valence electrons. The van der Waals surface area contributed by atoms with Gasteiger partial charge in [-0.05, 0) is 37.0 Å². The monoisotopic (exact) mass is 266 g/mol. The molecule has 0 saturated carbocycles. The van der Waals surface area contributed by atoms with Crippen LogP contribution in [-0.4, -0.2) is 18.9 Å². The molecule has 1 aliphatic rings. The summed E-state index contributed by atoms with van der Waals surface area (Å²) in [5.41, 5.74) is 1.11. The highest BCUT2D eigenvalue weighted by Crippen LogP contribution is 2.40. The predicted molar refractivity (Wildman–Crippen MR) is 70.7 cm³/mol. The maximum atomic E-state index is 12.4. The lowest BCUT2D eigenvalue weighted by atomic mass is 9.86. The van der Waals surface area contributed by atoms with E-state index in [2.05, 4.69) is 0 Å². The Morgan fingerprint density at radius 1 is 1.11 bits per heavy atom. The molecule has 3 nitrogen and oxygen atoms in total. The summed E-state index contributed by atoms with van der Waals surface area (Å²) in [5.74, 6) is -0.307. The van der Waals surface area contributed by atoms with Gasteiger partial charge in [0.15, 0.2) is 15.6 Å². The van der Waals surface area contributed by atoms with Crippen molar-refractivity contribution in [3.05, 3.63) is 29.3 Å². The minimum absolute atomic E-state index is 0.139. The van der Waals surface area contributed by atoms with Gasteiger partial charge in [-0.2, -0.15) is 0 Å². The molecule has 0 radical (unpaired) electrons. The van der Waals surface area contributed by atoms with Gasteiger partial charge in [0.25, 0.3) is 0 Å². The molecule has 4 heteroatoms. The van der Waals surface area contributed by atoms with Crippen LogP contribution >= 0.6 is 0 Å². The molecule has 0 N–H and O–H groups in total. The van der Waals surface area contributed by atoms with Gasteiger partial charge in [0.1, 0.15) is 4.75 Å². The number of Topliss-reactive ketones (excluding diaryl/α,β-unsaturated/α-hetero) is 1. The molecular formula is C14H18O3S. The third-order valence-electron chi connectivity index (χ3n) is 3.60. The number of hydrogen-bond donors (Lipinski definition) is 0. The SMILES string of the molecule is CC(C)(C)c1ccc2c(c1)S(=O)(=O)C(C)(C)C2=O. The van der Waals surface area contributed by atoms with Crippen molar-refractivity contribution in [2.24, 2.45) is 0 Å². The number of carbonyl (C=O) groups is 1. The number of carbonyl (C=O) groups excluding carboxylic acids is 1. The molecule has 0 aromatic heterocycles. The van der Waals surface area contributed by atoms with Crippen molar-refractivity contribution in [2.45, 2.75) is 49.7 Å². The average molecular weight is 266 g/mol. The van der Waals surface area contributed by atoms with Crippen molar-refractivity contribution >= 4 is 15.6 Å². The molecule has 18 heavy (non-hydrogen) atoms. The Kier molecular flexibility index (Phi) is 2.54. The summed E-state index contributed by atoms with van der Waals surface area (Å²) >= 11 is 0. The van der Waals surface area contributed by atoms with Gasteiger partial charge in [0.2, 0.25) is 0 Å². The molecule has 0 unspecified atom stereocenters. The van der Waals surface area contributed by atoms with Crippen molar-refractivity contribution in [3.8, 4) is 0 Å². The molecule has 0 aliphatic carbocycles. The number of benzene rings is 1. The second-order valence-electron chi connectivity index (χ2n) is 6.30. The van der Waals surface area contributed by atoms with Gasteiger partial charge in [-0.25, -0.2) is 8.42 Å². The second kappa shape index (κ2) is 3.44. The van der Waals surface area contributed by atoms with E-state index in [1.165, 1.54) is 13.8 Å². The normalized spacial score (nSPS) is 20.8. The van der Waals surface area contributed by atoms with E-state index in [4.69, 9.17) is 0 Å². The maximum absolute atomic E-state index is 12.4. The van der Waals surface area contributed by atoms with Crippen LogP contribution in [0.4, 0.5) is 0 Å². The Labute approximate surface area is 108 Å². The first-order valence-electron chi connectivity index (χ1n) is 5.93. The molecule has 0 fully saturated rings. The average Bonchev–Trinajstić information content (AvgIpc) is 2.37. The number of ketones is 1. The fourth-order valence-corrected chi connectivity index (χ4v) is 3.76. The van der Waals surface area contributed by atoms with Crippen LogP contribution in [0.5, 0.6) is 0 Å². The third kappa shape index (κ3) is 1.55. The van der Waals surface area contributed by atoms with Crippen LogP contribution in [-0.2, 0) is 15.3 Å². The van der Waals surface area contributed by atoms with Crippen LogP contribution in [0.2, 0.25) is 0 Å². The first kappa shape index (κ1) is 13.3. The van der Waals surface area contributed by atoms with Crippen LogP contribution in [0.25, 0.3) is 0 Å². The van der Waals surface area contributed by atoms with E-state index in [1.807, 2.05) is 26.8 Å². The van der Waals surface area contributed by atoms with Crippen LogP contribution in [0.1, 0.15) is 50.5 Å². The maximum Gasteiger partial charge on any atom is 0.191 e. The molecule has 1 heterocycles. The van der Waals surface area contributed by atoms with Crippen molar-refractivity contribution in [3.63, 3.8) is 0 Å². The zero-order valence-corrected chi connectivity index (χ0v) is 12.2. The van der Waals surface area contributed by atoms with Crippen molar-refractivity contribution in [2.75, 3.05) is 0 Å². The molecule has 0 atom stereocenters. The standard InChI is InChI=1S/C14H18O3S/c1-13(2,3)9-6-7-10-11(8-9)18(16,17)14(4,5)12(10)15/h6-8H,1-5H3. The lowest BCUT2D eigenvalue weighted by molar-refractivity contribution is 0.0958. The second-order valence-corrected chi connectivity index (χ2v) is 8.77. The quantitative estimate of drug-likeness (QED) is 0.725. The van der Waals surface area contributed by atoms with Crippen LogP contribution in [0.3, 0.4) is 0 Å². The fourth-order valence-electron chi connectivity index (χ4n) is 2.12. The summed E-state index contributed by atoms with van der Waals surface area (Å²) in [6, 6.07) is 5.13. The van der Waals surface area contributed by atoms with E-state index < -0.39 is 14.6 Å². The topological polar surface area (TPSA) is 51.2 Å². The summed E-state index contributed by atoms with van der Waals surface area (Å²) < 4.78 is 23.4. The van der Waals surface area contributed by atoms with E-state index >= 15 is 0 Å². The van der Waals surface area contributed by atoms with Gasteiger partial charge in [0, 0.05) is 5.56 Å². The Balaban J connectivity index is 2.77. The van der Waals surface area contributed by atoms with Crippen molar-refractivity contribution in [1.29, 1.82) is 0 Å². The Hall–Kier alpha value is -1.16. The van der Waals surface area contributed by atoms with Crippen LogP contribution in [0.15, 0.2) is 23.1 Å². The third-order valence-corrected chi connectivity index (χ3v) is 6.05. The Morgan fingerprint density at radius 2 is 1.67 bits per heavy atom. The summed E-state index contributed by atoms with van der Waals surface area (Å²) in [7, 11) is -3.57. The van der Waals surface area contributed by atoms with Crippen molar-refractivity contribution < 1.29 is 13.2 Å². The zero-order valence-electron chi connectivity index (χ0n) is 11.4. The fraction of sp³-hybridized carbons (Fsp3) is 0.500. The van der Waals surface area contributed by atoms with E-state index in [9.17, 15) is 13.2 Å². The summed E-state index contributed by atoms with van der Waals surface area (Å²) in [4.78, 5) is 12.3. The molecule has 1 aromatic carbocycles. The summed E-state index contributed by atoms with van der Waals surface area (Å²) in [5, 5.41) is 0. The molecule has 1 aromatic rings. The van der Waals surface area contributed by atoms with Crippen LogP contribution in [0, 0.1) is 0 Å². The lowest BCUT2D eigenvalue weighted by Crippen LogP contribution is -2.33. The van der Waals surface area contributed by atoms with Gasteiger partial charge in [-0.15, -0.1) is 0 Å². The molecule has 0 amide bonds. The van der Waals surface area contributed by atoms with E-state index in [0.717, 1.165) is 5.56 Å². The Morgan fingerprint density at radius 3 is 2.17 bits per heavy atom. The number of fused-ring (bicyclic) bond motifs is 1. The minimum atomic E-state index is -3.57. The van der Waals surface area contributed by atoms with E-state index in [0.29, 0.717) is 5.56 Å². The molecule has 0 bridgehead atoms. The molecule has 0 saturated heterocycles. The molecule has 0 spiro atoms. The lowest BCUT2D eigenvalue weighted by Gasteiger charge is -2.19. The van der Waals surface area contributed by atoms with Crippen LogP contribution < -0.4 is 0 Å². The summed E-state index contributed by atoms with van der Waals surface area (Å²) in [6.45, 7) is 9.00. The van der Waals surface area contributed by atoms with Gasteiger partial charge in [-0.3, -0.25) is 4.79 Å². The van der Waals surface area contributed by atoms with Gasteiger partial charge in [-0.1, -0.05) is 26.8 Å². The van der Waals surface area contributed by atoms with Crippen molar-refractivity contribution in [1.82, 2.24) is 0 Å². The molecular weight excluding hydrogens is 248 g/mol. The first-order valence-corrected chi connectivity index (χ1v) is 7.42. The van der Waals surface area contributed by atoms with Gasteiger partial charge in [0.05, 0.1) is 4.90 Å². The largest absolute Gasteiger partial charge is 0.292 e. The zero-order chi connectivity index (χ0) is 13.9. The van der Waals surface area contributed by atoms with E-state index in [1.54, 1.807) is 12.1 Å². The highest BCUT2D eigenvalue weighted by atomic mass is 32.2. The highest BCUT2D eigenvalue weighted by Gasteiger charge is 2.51. The predicted octanol–water partition coefficient (Wildman–Crippen LogP) is 2.73. The number of rotatable bonds is 0. The molecule has 1 aliphatic heterocycles. The first-order chi connectivity index (χ1) is 7.99. The highest BCUT2D eigenvalue weighted by molar-refractivity contribution is 7.94. The number of hydrogen-bond acceptors (Lipinski definition) is 3. The smallest absolute Gasteiger partial charge is 0.191 e. The number of sulfone groups is 1. The van der Waals surface area contributed by atoms with Gasteiger partial charge >= 0.3 is 0 Å². The minimum Gasteiger partial charge on any atom is -0.292 e.